The van der Waals surface area contributed by atoms with E-state index in [-0.39, 0.29) is 21.3 Å². The first-order valence-electron chi connectivity index (χ1n) is 7.65. The fraction of sp³-hybridized carbons (Fsp3) is 0.222. The molecule has 0 saturated heterocycles. The third-order valence-electron chi connectivity index (χ3n) is 4.04. The fourth-order valence-electron chi connectivity index (χ4n) is 2.82. The van der Waals surface area contributed by atoms with Gasteiger partial charge in [0.1, 0.15) is 5.75 Å². The highest BCUT2D eigenvalue weighted by Crippen LogP contribution is 2.46. The molecule has 7 heteroatoms. The molecule has 0 aliphatic carbocycles. The summed E-state index contributed by atoms with van der Waals surface area (Å²) in [7, 11) is 0. The van der Waals surface area contributed by atoms with E-state index in [4.69, 9.17) is 27.9 Å². The summed E-state index contributed by atoms with van der Waals surface area (Å²) in [5, 5.41) is 13.8. The molecule has 2 aromatic carbocycles. The van der Waals surface area contributed by atoms with Crippen LogP contribution in [0.4, 0.5) is 5.69 Å². The molecule has 1 amide bonds. The zero-order chi connectivity index (χ0) is 18.2. The molecule has 0 aromatic heterocycles. The van der Waals surface area contributed by atoms with Gasteiger partial charge < -0.3 is 15.2 Å². The maximum Gasteiger partial charge on any atom is 0.261 e. The number of rotatable bonds is 5. The number of carbonyl (C=O) groups excluding carboxylic acids is 2. The molecule has 1 aliphatic rings. The van der Waals surface area contributed by atoms with E-state index in [1.54, 1.807) is 24.3 Å². The first-order valence-corrected chi connectivity index (χ1v) is 8.40. The number of Topliss-reactive ketones (excluding diaryl/α,β-unsaturated/α-hetero) is 1. The number of hydrogen-bond donors (Lipinski definition) is 2. The maximum absolute atomic E-state index is 12.6. The van der Waals surface area contributed by atoms with E-state index in [0.717, 1.165) is 0 Å². The van der Waals surface area contributed by atoms with Crippen molar-refractivity contribution < 1.29 is 19.4 Å². The van der Waals surface area contributed by atoms with Crippen molar-refractivity contribution in [3.05, 3.63) is 57.6 Å². The minimum absolute atomic E-state index is 0.131. The van der Waals surface area contributed by atoms with Gasteiger partial charge in [-0.05, 0) is 43.3 Å². The SMILES string of the molecule is CCOc1ccc(C(=O)CC2(O)C(=O)Nc3c(Cl)ccc(Cl)c32)cc1. The van der Waals surface area contributed by atoms with Gasteiger partial charge in [0.15, 0.2) is 11.4 Å². The zero-order valence-electron chi connectivity index (χ0n) is 13.3. The minimum Gasteiger partial charge on any atom is -0.494 e. The summed E-state index contributed by atoms with van der Waals surface area (Å²) in [5.74, 6) is -0.488. The van der Waals surface area contributed by atoms with Crippen molar-refractivity contribution in [2.24, 2.45) is 0 Å². The van der Waals surface area contributed by atoms with Crippen LogP contribution in [0.25, 0.3) is 0 Å². The number of fused-ring (bicyclic) bond motifs is 1. The average molecular weight is 380 g/mol. The Morgan fingerprint density at radius 3 is 2.44 bits per heavy atom. The Balaban J connectivity index is 1.91. The number of anilines is 1. The number of ketones is 1. The van der Waals surface area contributed by atoms with Crippen LogP contribution in [0.2, 0.25) is 10.0 Å². The lowest BCUT2D eigenvalue weighted by molar-refractivity contribution is -0.133. The van der Waals surface area contributed by atoms with E-state index in [1.165, 1.54) is 12.1 Å². The van der Waals surface area contributed by atoms with Crippen LogP contribution < -0.4 is 10.1 Å². The Morgan fingerprint density at radius 1 is 1.16 bits per heavy atom. The number of ether oxygens (including phenoxy) is 1. The molecule has 130 valence electrons. The molecular weight excluding hydrogens is 365 g/mol. The highest BCUT2D eigenvalue weighted by Gasteiger charge is 2.49. The lowest BCUT2D eigenvalue weighted by Gasteiger charge is -2.21. The third-order valence-corrected chi connectivity index (χ3v) is 4.67. The molecule has 0 radical (unpaired) electrons. The Labute approximate surface area is 154 Å². The Kier molecular flexibility index (Phi) is 4.73. The first-order chi connectivity index (χ1) is 11.9. The predicted molar refractivity (Wildman–Crippen MR) is 95.5 cm³/mol. The first kappa shape index (κ1) is 17.7. The van der Waals surface area contributed by atoms with Gasteiger partial charge in [0.05, 0.1) is 23.7 Å². The Bertz CT molecular complexity index is 851. The van der Waals surface area contributed by atoms with Crippen molar-refractivity contribution in [3.8, 4) is 5.75 Å². The molecule has 2 aromatic rings. The molecule has 0 bridgehead atoms. The van der Waals surface area contributed by atoms with Crippen molar-refractivity contribution in [1.82, 2.24) is 0 Å². The fourth-order valence-corrected chi connectivity index (χ4v) is 3.33. The molecule has 1 unspecified atom stereocenters. The maximum atomic E-state index is 12.6. The molecule has 2 N–H and O–H groups in total. The second-order valence-electron chi connectivity index (χ2n) is 5.65. The number of nitrogens with one attached hydrogen (secondary N) is 1. The quantitative estimate of drug-likeness (QED) is 0.774. The predicted octanol–water partition coefficient (Wildman–Crippen LogP) is 3.80. The summed E-state index contributed by atoms with van der Waals surface area (Å²) >= 11 is 12.2. The molecule has 0 saturated carbocycles. The highest BCUT2D eigenvalue weighted by atomic mass is 35.5. The lowest BCUT2D eigenvalue weighted by atomic mass is 9.88. The van der Waals surface area contributed by atoms with Gasteiger partial charge in [-0.3, -0.25) is 9.59 Å². The van der Waals surface area contributed by atoms with Crippen molar-refractivity contribution in [1.29, 1.82) is 0 Å². The van der Waals surface area contributed by atoms with Gasteiger partial charge in [-0.25, -0.2) is 0 Å². The molecule has 1 aliphatic heterocycles. The number of carbonyl (C=O) groups is 2. The van der Waals surface area contributed by atoms with E-state index < -0.39 is 23.7 Å². The van der Waals surface area contributed by atoms with Crippen LogP contribution in [-0.4, -0.2) is 23.4 Å². The number of hydrogen-bond acceptors (Lipinski definition) is 4. The van der Waals surface area contributed by atoms with E-state index >= 15 is 0 Å². The summed E-state index contributed by atoms with van der Waals surface area (Å²) in [6.07, 6.45) is -0.445. The van der Waals surface area contributed by atoms with Crippen LogP contribution in [0.3, 0.4) is 0 Å². The average Bonchev–Trinajstić information content (AvgIpc) is 2.84. The van der Waals surface area contributed by atoms with Crippen molar-refractivity contribution >= 4 is 40.6 Å². The van der Waals surface area contributed by atoms with Crippen LogP contribution in [0, 0.1) is 0 Å². The largest absolute Gasteiger partial charge is 0.494 e. The lowest BCUT2D eigenvalue weighted by Crippen LogP contribution is -2.36. The van der Waals surface area contributed by atoms with Gasteiger partial charge in [-0.1, -0.05) is 23.2 Å². The van der Waals surface area contributed by atoms with Gasteiger partial charge in [-0.2, -0.15) is 0 Å². The van der Waals surface area contributed by atoms with E-state index in [1.807, 2.05) is 6.92 Å². The van der Waals surface area contributed by atoms with Crippen LogP contribution in [0.1, 0.15) is 29.3 Å². The van der Waals surface area contributed by atoms with E-state index in [0.29, 0.717) is 17.9 Å². The summed E-state index contributed by atoms with van der Waals surface area (Å²) < 4.78 is 5.33. The zero-order valence-corrected chi connectivity index (χ0v) is 14.8. The van der Waals surface area contributed by atoms with E-state index in [2.05, 4.69) is 5.32 Å². The van der Waals surface area contributed by atoms with Crippen LogP contribution >= 0.6 is 23.2 Å². The Morgan fingerprint density at radius 2 is 1.80 bits per heavy atom. The van der Waals surface area contributed by atoms with Crippen LogP contribution in [-0.2, 0) is 10.4 Å². The number of halogens is 2. The van der Waals surface area contributed by atoms with E-state index in [9.17, 15) is 14.7 Å². The number of aliphatic hydroxyl groups is 1. The molecule has 5 nitrogen and oxygen atoms in total. The molecule has 1 heterocycles. The van der Waals surface area contributed by atoms with Gasteiger partial charge in [0, 0.05) is 16.1 Å². The van der Waals surface area contributed by atoms with Gasteiger partial charge in [0.25, 0.3) is 5.91 Å². The summed E-state index contributed by atoms with van der Waals surface area (Å²) in [5.41, 5.74) is -1.34. The monoisotopic (exact) mass is 379 g/mol. The van der Waals surface area contributed by atoms with Crippen molar-refractivity contribution in [2.45, 2.75) is 18.9 Å². The topological polar surface area (TPSA) is 75.6 Å². The molecule has 0 spiro atoms. The molecule has 1 atom stereocenters. The molecular formula is C18H15Cl2NO4. The van der Waals surface area contributed by atoms with Crippen LogP contribution in [0.5, 0.6) is 5.75 Å². The Hall–Kier alpha value is -2.08. The second kappa shape index (κ2) is 6.67. The summed E-state index contributed by atoms with van der Waals surface area (Å²) in [4.78, 5) is 24.9. The second-order valence-corrected chi connectivity index (χ2v) is 6.47. The summed E-state index contributed by atoms with van der Waals surface area (Å²) in [6, 6.07) is 9.49. The summed E-state index contributed by atoms with van der Waals surface area (Å²) in [6.45, 7) is 2.38. The standard InChI is InChI=1S/C18H15Cl2NO4/c1-2-25-11-5-3-10(4-6-11)14(22)9-18(24)15-12(19)7-8-13(20)16(15)21-17(18)23/h3-8,24H,2,9H2,1H3,(H,21,23). The molecule has 0 fully saturated rings. The normalized spacial score (nSPS) is 18.6. The van der Waals surface area contributed by atoms with Crippen LogP contribution in [0.15, 0.2) is 36.4 Å². The number of amides is 1. The highest BCUT2D eigenvalue weighted by molar-refractivity contribution is 6.38. The third kappa shape index (κ3) is 3.11. The van der Waals surface area contributed by atoms with Gasteiger partial charge >= 0.3 is 0 Å². The molecule has 3 rings (SSSR count). The smallest absolute Gasteiger partial charge is 0.261 e. The van der Waals surface area contributed by atoms with Crippen molar-refractivity contribution in [2.75, 3.05) is 11.9 Å². The van der Waals surface area contributed by atoms with Gasteiger partial charge in [-0.15, -0.1) is 0 Å². The minimum atomic E-state index is -2.06. The molecule has 25 heavy (non-hydrogen) atoms. The number of benzene rings is 2. The van der Waals surface area contributed by atoms with Crippen molar-refractivity contribution in [3.63, 3.8) is 0 Å². The van der Waals surface area contributed by atoms with Gasteiger partial charge in [0.2, 0.25) is 0 Å².